The van der Waals surface area contributed by atoms with E-state index in [1.54, 1.807) is 0 Å². The van der Waals surface area contributed by atoms with Gasteiger partial charge in [-0.1, -0.05) is 41.5 Å². The summed E-state index contributed by atoms with van der Waals surface area (Å²) in [6.45, 7) is 16.4. The van der Waals surface area contributed by atoms with Crippen molar-refractivity contribution in [1.29, 1.82) is 0 Å². The Morgan fingerprint density at radius 2 is 1.48 bits per heavy atom. The van der Waals surface area contributed by atoms with Gasteiger partial charge >= 0.3 is 0 Å². The predicted molar refractivity (Wildman–Crippen MR) is 130 cm³/mol. The van der Waals surface area contributed by atoms with Crippen LogP contribution in [0.1, 0.15) is 54.4 Å². The van der Waals surface area contributed by atoms with Crippen LogP contribution in [0.3, 0.4) is 0 Å². The molecule has 31 heavy (non-hydrogen) atoms. The lowest BCUT2D eigenvalue weighted by molar-refractivity contribution is -0.122. The Morgan fingerprint density at radius 1 is 0.935 bits per heavy atom. The highest BCUT2D eigenvalue weighted by molar-refractivity contribution is 8.00. The molecule has 1 atom stereocenters. The number of carbonyl (C=O) groups is 3. The van der Waals surface area contributed by atoms with Crippen LogP contribution in [-0.4, -0.2) is 75.5 Å². The van der Waals surface area contributed by atoms with Crippen molar-refractivity contribution in [2.75, 3.05) is 52.3 Å². The number of ketones is 1. The molecule has 0 fully saturated rings. The number of nitrogens with one attached hydrogen (secondary N) is 2. The standard InChI is InChI=1S/C16H29NO4S.C7H17NO/c1-12(2)11-21-9-7-17-16(20)15(5-8-18)22-10-6-14(19)13(3)4;1-7(2)6-9-5-4-8-3/h8,12-13,15H,5-7,9-11H2,1-4H3,(H,17,20);7-8H,4-6H2,1-3H3. The van der Waals surface area contributed by atoms with Gasteiger partial charge in [-0.05, 0) is 18.9 Å². The van der Waals surface area contributed by atoms with Crippen LogP contribution in [0.2, 0.25) is 0 Å². The number of hydrogen-bond donors (Lipinski definition) is 2. The van der Waals surface area contributed by atoms with Crippen molar-refractivity contribution in [3.63, 3.8) is 0 Å². The monoisotopic (exact) mass is 462 g/mol. The van der Waals surface area contributed by atoms with Crippen molar-refractivity contribution in [1.82, 2.24) is 10.6 Å². The summed E-state index contributed by atoms with van der Waals surface area (Å²) in [6, 6.07) is 0. The molecule has 0 bridgehead atoms. The molecule has 0 saturated carbocycles. The Bertz CT molecular complexity index is 459. The van der Waals surface area contributed by atoms with Crippen molar-refractivity contribution in [3.8, 4) is 0 Å². The minimum absolute atomic E-state index is 0.0112. The van der Waals surface area contributed by atoms with Crippen LogP contribution in [0.5, 0.6) is 0 Å². The number of Topliss-reactive ketones (excluding diaryl/α,β-unsaturated/α-hetero) is 1. The smallest absolute Gasteiger partial charge is 0.233 e. The minimum Gasteiger partial charge on any atom is -0.380 e. The van der Waals surface area contributed by atoms with Gasteiger partial charge < -0.3 is 24.9 Å². The first-order valence-electron chi connectivity index (χ1n) is 11.3. The third-order valence-electron chi connectivity index (χ3n) is 3.86. The van der Waals surface area contributed by atoms with Crippen molar-refractivity contribution in [2.45, 2.75) is 59.6 Å². The van der Waals surface area contributed by atoms with Gasteiger partial charge in [0.2, 0.25) is 5.91 Å². The van der Waals surface area contributed by atoms with Crippen molar-refractivity contribution >= 4 is 29.7 Å². The number of aldehydes is 1. The third-order valence-corrected chi connectivity index (χ3v) is 5.11. The molecule has 0 aliphatic rings. The molecular formula is C23H46N2O5S. The SMILES string of the molecule is CC(C)COCCNC(=O)C(CC=O)SCCC(=O)C(C)C.CNCCOCC(C)C. The molecule has 0 rings (SSSR count). The second kappa shape index (κ2) is 22.2. The van der Waals surface area contributed by atoms with Crippen LogP contribution >= 0.6 is 11.8 Å². The molecule has 0 aromatic rings. The number of amides is 1. The van der Waals surface area contributed by atoms with E-state index >= 15 is 0 Å². The van der Waals surface area contributed by atoms with Gasteiger partial charge in [0.25, 0.3) is 0 Å². The summed E-state index contributed by atoms with van der Waals surface area (Å²) in [5.41, 5.74) is 0. The summed E-state index contributed by atoms with van der Waals surface area (Å²) in [6.07, 6.45) is 1.35. The van der Waals surface area contributed by atoms with E-state index in [0.29, 0.717) is 43.8 Å². The molecule has 0 aliphatic carbocycles. The molecule has 1 unspecified atom stereocenters. The maximum atomic E-state index is 12.0. The number of rotatable bonds is 18. The lowest BCUT2D eigenvalue weighted by atomic mass is 10.1. The number of carbonyl (C=O) groups excluding carboxylic acids is 3. The van der Waals surface area contributed by atoms with Crippen LogP contribution in [0.25, 0.3) is 0 Å². The number of thioether (sulfide) groups is 1. The average Bonchev–Trinajstić information content (AvgIpc) is 2.70. The predicted octanol–water partition coefficient (Wildman–Crippen LogP) is 2.96. The average molecular weight is 463 g/mol. The Hall–Kier alpha value is -0.960. The van der Waals surface area contributed by atoms with Gasteiger partial charge in [0.15, 0.2) is 0 Å². The van der Waals surface area contributed by atoms with E-state index in [0.717, 1.165) is 26.0 Å². The minimum atomic E-state index is -0.428. The Kier molecular flexibility index (Phi) is 23.1. The van der Waals surface area contributed by atoms with Gasteiger partial charge in [-0.2, -0.15) is 0 Å². The molecular weight excluding hydrogens is 416 g/mol. The second-order valence-electron chi connectivity index (χ2n) is 8.46. The van der Waals surface area contributed by atoms with Gasteiger partial charge in [-0.15, -0.1) is 11.8 Å². The molecule has 0 spiro atoms. The van der Waals surface area contributed by atoms with E-state index in [9.17, 15) is 14.4 Å². The van der Waals surface area contributed by atoms with Gasteiger partial charge in [0.05, 0.1) is 18.5 Å². The van der Waals surface area contributed by atoms with E-state index in [1.807, 2.05) is 20.9 Å². The first-order chi connectivity index (χ1) is 14.6. The molecule has 0 aliphatic heterocycles. The summed E-state index contributed by atoms with van der Waals surface area (Å²) in [5.74, 6) is 1.71. The summed E-state index contributed by atoms with van der Waals surface area (Å²) >= 11 is 1.36. The highest BCUT2D eigenvalue weighted by Gasteiger charge is 2.19. The molecule has 1 amide bonds. The summed E-state index contributed by atoms with van der Waals surface area (Å²) < 4.78 is 10.7. The maximum absolute atomic E-state index is 12.0. The topological polar surface area (TPSA) is 93.7 Å². The van der Waals surface area contributed by atoms with E-state index in [-0.39, 0.29) is 24.0 Å². The zero-order chi connectivity index (χ0) is 24.1. The Labute approximate surface area is 194 Å². The van der Waals surface area contributed by atoms with Gasteiger partial charge in [0.1, 0.15) is 12.1 Å². The Morgan fingerprint density at radius 3 is 1.94 bits per heavy atom. The lowest BCUT2D eigenvalue weighted by Gasteiger charge is -2.14. The van der Waals surface area contributed by atoms with Crippen molar-refractivity contribution in [2.24, 2.45) is 17.8 Å². The first kappa shape index (κ1) is 32.2. The zero-order valence-corrected chi connectivity index (χ0v) is 21.5. The van der Waals surface area contributed by atoms with Crippen LogP contribution in [0.4, 0.5) is 0 Å². The molecule has 0 aromatic heterocycles. The van der Waals surface area contributed by atoms with E-state index < -0.39 is 5.25 Å². The van der Waals surface area contributed by atoms with Crippen molar-refractivity contribution in [3.05, 3.63) is 0 Å². The van der Waals surface area contributed by atoms with Crippen LogP contribution < -0.4 is 10.6 Å². The fraction of sp³-hybridized carbons (Fsp3) is 0.870. The highest BCUT2D eigenvalue weighted by Crippen LogP contribution is 2.16. The molecule has 0 aromatic carbocycles. The Balaban J connectivity index is 0. The zero-order valence-electron chi connectivity index (χ0n) is 20.7. The number of hydrogen-bond acceptors (Lipinski definition) is 7. The fourth-order valence-electron chi connectivity index (χ4n) is 2.10. The molecule has 7 nitrogen and oxygen atoms in total. The molecule has 2 N–H and O–H groups in total. The molecule has 0 radical (unpaired) electrons. The van der Waals surface area contributed by atoms with Crippen LogP contribution in [0.15, 0.2) is 0 Å². The molecule has 8 heteroatoms. The van der Waals surface area contributed by atoms with Crippen LogP contribution in [-0.2, 0) is 23.9 Å². The first-order valence-corrected chi connectivity index (χ1v) is 12.4. The lowest BCUT2D eigenvalue weighted by Crippen LogP contribution is -2.35. The molecule has 0 heterocycles. The van der Waals surface area contributed by atoms with Crippen molar-refractivity contribution < 1.29 is 23.9 Å². The largest absolute Gasteiger partial charge is 0.380 e. The molecule has 0 saturated heterocycles. The normalized spacial score (nSPS) is 11.9. The van der Waals surface area contributed by atoms with E-state index in [4.69, 9.17) is 9.47 Å². The number of likely N-dealkylation sites (N-methyl/N-ethyl adjacent to an activating group) is 1. The highest BCUT2D eigenvalue weighted by atomic mass is 32.2. The van der Waals surface area contributed by atoms with E-state index in [1.165, 1.54) is 11.8 Å². The van der Waals surface area contributed by atoms with Gasteiger partial charge in [-0.3, -0.25) is 9.59 Å². The van der Waals surface area contributed by atoms with Crippen LogP contribution in [0, 0.1) is 17.8 Å². The molecule has 184 valence electrons. The van der Waals surface area contributed by atoms with E-state index in [2.05, 4.69) is 38.3 Å². The second-order valence-corrected chi connectivity index (χ2v) is 9.78. The van der Waals surface area contributed by atoms with Gasteiger partial charge in [0, 0.05) is 50.8 Å². The fourth-order valence-corrected chi connectivity index (χ4v) is 3.15. The third kappa shape index (κ3) is 23.5. The summed E-state index contributed by atoms with van der Waals surface area (Å²) in [4.78, 5) is 34.3. The number of ether oxygens (including phenoxy) is 2. The summed E-state index contributed by atoms with van der Waals surface area (Å²) in [5, 5.41) is 5.36. The quantitative estimate of drug-likeness (QED) is 0.239. The maximum Gasteiger partial charge on any atom is 0.233 e. The van der Waals surface area contributed by atoms with Gasteiger partial charge in [-0.25, -0.2) is 0 Å². The summed E-state index contributed by atoms with van der Waals surface area (Å²) in [7, 11) is 1.93.